The van der Waals surface area contributed by atoms with Gasteiger partial charge in [0.05, 0.1) is 0 Å². The molecule has 0 aliphatic carbocycles. The summed E-state index contributed by atoms with van der Waals surface area (Å²) in [4.78, 5) is 11.9. The molecule has 1 aromatic heterocycles. The van der Waals surface area contributed by atoms with Crippen molar-refractivity contribution in [2.24, 2.45) is 5.73 Å². The summed E-state index contributed by atoms with van der Waals surface area (Å²) < 4.78 is 0. The van der Waals surface area contributed by atoms with Crippen LogP contribution in [0.25, 0.3) is 11.4 Å². The maximum absolute atomic E-state index is 11.9. The first-order valence-corrected chi connectivity index (χ1v) is 6.54. The lowest BCUT2D eigenvalue weighted by molar-refractivity contribution is -0.133. The fourth-order valence-electron chi connectivity index (χ4n) is 2.28. The molecule has 0 radical (unpaired) electrons. The molecule has 0 fully saturated rings. The quantitative estimate of drug-likeness (QED) is 0.651. The van der Waals surface area contributed by atoms with Gasteiger partial charge in [-0.25, -0.2) is 0 Å². The molecule has 1 unspecified atom stereocenters. The van der Waals surface area contributed by atoms with Crippen molar-refractivity contribution in [3.63, 3.8) is 0 Å². The van der Waals surface area contributed by atoms with Gasteiger partial charge in [0.2, 0.25) is 5.82 Å². The van der Waals surface area contributed by atoms with E-state index >= 15 is 0 Å². The Morgan fingerprint density at radius 3 is 2.23 bits per heavy atom. The Bertz CT molecular complexity index is 771. The first-order valence-electron chi connectivity index (χ1n) is 6.54. The molecule has 0 saturated heterocycles. The van der Waals surface area contributed by atoms with Gasteiger partial charge in [-0.05, 0) is 16.3 Å². The Labute approximate surface area is 125 Å². The van der Waals surface area contributed by atoms with Crippen molar-refractivity contribution in [3.05, 3.63) is 65.7 Å². The molecule has 0 aliphatic rings. The predicted molar refractivity (Wildman–Crippen MR) is 78.2 cm³/mol. The molecule has 7 nitrogen and oxygen atoms in total. The van der Waals surface area contributed by atoms with Crippen LogP contribution in [0.5, 0.6) is 0 Å². The number of rotatable bonds is 4. The lowest BCUT2D eigenvalue weighted by Gasteiger charge is -2.25. The van der Waals surface area contributed by atoms with Crippen LogP contribution in [0.15, 0.2) is 54.6 Å². The molecule has 0 spiro atoms. The molecule has 7 heteroatoms. The van der Waals surface area contributed by atoms with E-state index in [0.29, 0.717) is 22.5 Å². The third kappa shape index (κ3) is 2.23. The topological polar surface area (TPSA) is 118 Å². The number of tetrazole rings is 1. The minimum Gasteiger partial charge on any atom is -0.372 e. The van der Waals surface area contributed by atoms with Crippen LogP contribution < -0.4 is 5.73 Å². The SMILES string of the molecule is NC(=O)C(O)(c1ccccc1)c1ccc(-c2nn[nH]n2)cc1. The van der Waals surface area contributed by atoms with Crippen LogP contribution >= 0.6 is 0 Å². The molecular weight excluding hydrogens is 282 g/mol. The van der Waals surface area contributed by atoms with Gasteiger partial charge in [-0.15, -0.1) is 10.2 Å². The van der Waals surface area contributed by atoms with E-state index in [9.17, 15) is 9.90 Å². The fourth-order valence-corrected chi connectivity index (χ4v) is 2.28. The third-order valence-corrected chi connectivity index (χ3v) is 3.45. The molecule has 0 aliphatic heterocycles. The standard InChI is InChI=1S/C15H13N5O2/c16-14(21)15(22,11-4-2-1-3-5-11)12-8-6-10(7-9-12)13-17-19-20-18-13/h1-9,22H,(H2,16,21)(H,17,18,19,20). The van der Waals surface area contributed by atoms with Crippen molar-refractivity contribution in [1.82, 2.24) is 20.6 Å². The summed E-state index contributed by atoms with van der Waals surface area (Å²) in [5.74, 6) is -0.417. The third-order valence-electron chi connectivity index (χ3n) is 3.45. The maximum Gasteiger partial charge on any atom is 0.258 e. The van der Waals surface area contributed by atoms with Gasteiger partial charge in [0.15, 0.2) is 5.60 Å². The van der Waals surface area contributed by atoms with E-state index in [1.807, 2.05) is 0 Å². The Morgan fingerprint density at radius 1 is 1.05 bits per heavy atom. The number of amides is 1. The molecule has 3 rings (SSSR count). The molecule has 22 heavy (non-hydrogen) atoms. The first kappa shape index (κ1) is 13.9. The van der Waals surface area contributed by atoms with E-state index < -0.39 is 11.5 Å². The van der Waals surface area contributed by atoms with Crippen LogP contribution in [0.2, 0.25) is 0 Å². The number of carbonyl (C=O) groups excluding carboxylic acids is 1. The number of H-pyrrole nitrogens is 1. The molecule has 0 saturated carbocycles. The molecule has 3 aromatic rings. The number of primary amides is 1. The summed E-state index contributed by atoms with van der Waals surface area (Å²) in [5.41, 5.74) is 5.04. The largest absolute Gasteiger partial charge is 0.372 e. The summed E-state index contributed by atoms with van der Waals surface area (Å²) in [6, 6.07) is 15.2. The zero-order valence-electron chi connectivity index (χ0n) is 11.5. The number of carbonyl (C=O) groups is 1. The van der Waals surface area contributed by atoms with Crippen LogP contribution in [0.4, 0.5) is 0 Å². The summed E-state index contributed by atoms with van der Waals surface area (Å²) in [7, 11) is 0. The van der Waals surface area contributed by atoms with Gasteiger partial charge in [-0.2, -0.15) is 5.21 Å². The predicted octanol–water partition coefficient (Wildman–Crippen LogP) is 0.588. The van der Waals surface area contributed by atoms with Crippen LogP contribution in [0, 0.1) is 0 Å². The molecule has 1 atom stereocenters. The highest BCUT2D eigenvalue weighted by molar-refractivity contribution is 5.88. The zero-order chi connectivity index (χ0) is 15.6. The second kappa shape index (κ2) is 5.38. The van der Waals surface area contributed by atoms with Gasteiger partial charge in [0.1, 0.15) is 0 Å². The molecule has 2 aromatic carbocycles. The van der Waals surface area contributed by atoms with Crippen molar-refractivity contribution >= 4 is 5.91 Å². The Hall–Kier alpha value is -3.06. The second-order valence-electron chi connectivity index (χ2n) is 4.75. The van der Waals surface area contributed by atoms with Gasteiger partial charge in [-0.1, -0.05) is 54.6 Å². The number of benzene rings is 2. The van der Waals surface area contributed by atoms with E-state index in [2.05, 4.69) is 20.6 Å². The normalized spacial score (nSPS) is 13.5. The monoisotopic (exact) mass is 295 g/mol. The minimum absolute atomic E-state index is 0.374. The van der Waals surface area contributed by atoms with E-state index in [1.54, 1.807) is 54.6 Å². The average Bonchev–Trinajstić information content (AvgIpc) is 3.09. The van der Waals surface area contributed by atoms with E-state index in [0.717, 1.165) is 0 Å². The van der Waals surface area contributed by atoms with Gasteiger partial charge in [-0.3, -0.25) is 4.79 Å². The highest BCUT2D eigenvalue weighted by atomic mass is 16.3. The first-order chi connectivity index (χ1) is 10.6. The Balaban J connectivity index is 2.05. The molecule has 0 bridgehead atoms. The number of aliphatic hydroxyl groups is 1. The van der Waals surface area contributed by atoms with Crippen molar-refractivity contribution in [2.45, 2.75) is 5.60 Å². The number of hydrogen-bond acceptors (Lipinski definition) is 5. The van der Waals surface area contributed by atoms with Crippen molar-refractivity contribution in [3.8, 4) is 11.4 Å². The van der Waals surface area contributed by atoms with Crippen molar-refractivity contribution < 1.29 is 9.90 Å². The molecule has 1 amide bonds. The van der Waals surface area contributed by atoms with E-state index in [4.69, 9.17) is 5.73 Å². The Kier molecular flexibility index (Phi) is 3.40. The summed E-state index contributed by atoms with van der Waals surface area (Å²) in [6.45, 7) is 0. The lowest BCUT2D eigenvalue weighted by Crippen LogP contribution is -2.42. The van der Waals surface area contributed by atoms with Crippen molar-refractivity contribution in [1.29, 1.82) is 0 Å². The number of nitrogens with two attached hydrogens (primary N) is 1. The summed E-state index contributed by atoms with van der Waals surface area (Å²) in [6.07, 6.45) is 0. The lowest BCUT2D eigenvalue weighted by atomic mass is 9.85. The zero-order valence-corrected chi connectivity index (χ0v) is 11.5. The second-order valence-corrected chi connectivity index (χ2v) is 4.75. The smallest absolute Gasteiger partial charge is 0.258 e. The van der Waals surface area contributed by atoms with E-state index in [1.165, 1.54) is 0 Å². The maximum atomic E-state index is 11.9. The number of nitrogens with zero attached hydrogens (tertiary/aromatic N) is 3. The molecule has 110 valence electrons. The molecule has 1 heterocycles. The van der Waals surface area contributed by atoms with Crippen LogP contribution in [0.1, 0.15) is 11.1 Å². The highest BCUT2D eigenvalue weighted by Gasteiger charge is 2.38. The van der Waals surface area contributed by atoms with E-state index in [-0.39, 0.29) is 0 Å². The van der Waals surface area contributed by atoms with Gasteiger partial charge in [0, 0.05) is 5.56 Å². The van der Waals surface area contributed by atoms with Crippen LogP contribution in [-0.4, -0.2) is 31.6 Å². The number of nitrogens with one attached hydrogen (secondary N) is 1. The van der Waals surface area contributed by atoms with Gasteiger partial charge in [0.25, 0.3) is 5.91 Å². The molecular formula is C15H13N5O2. The van der Waals surface area contributed by atoms with Gasteiger partial charge >= 0.3 is 0 Å². The summed E-state index contributed by atoms with van der Waals surface area (Å²) in [5, 5.41) is 24.4. The highest BCUT2D eigenvalue weighted by Crippen LogP contribution is 2.30. The number of hydrogen-bond donors (Lipinski definition) is 3. The minimum atomic E-state index is -1.89. The Morgan fingerprint density at radius 2 is 1.68 bits per heavy atom. The number of aromatic amines is 1. The molecule has 4 N–H and O–H groups in total. The van der Waals surface area contributed by atoms with Crippen LogP contribution in [0.3, 0.4) is 0 Å². The fraction of sp³-hybridized carbons (Fsp3) is 0.0667. The summed E-state index contributed by atoms with van der Waals surface area (Å²) >= 11 is 0. The van der Waals surface area contributed by atoms with Crippen molar-refractivity contribution in [2.75, 3.05) is 0 Å². The van der Waals surface area contributed by atoms with Crippen LogP contribution in [-0.2, 0) is 10.4 Å². The van der Waals surface area contributed by atoms with Gasteiger partial charge < -0.3 is 10.8 Å². The average molecular weight is 295 g/mol. The number of aromatic nitrogens is 4.